The fourth-order valence-electron chi connectivity index (χ4n) is 4.25. The molecule has 1 saturated carbocycles. The van der Waals surface area contributed by atoms with Gasteiger partial charge in [-0.1, -0.05) is 6.07 Å². The van der Waals surface area contributed by atoms with Crippen molar-refractivity contribution in [2.75, 3.05) is 0 Å². The Kier molecular flexibility index (Phi) is 5.02. The number of alkyl halides is 3. The summed E-state index contributed by atoms with van der Waals surface area (Å²) in [6.07, 6.45) is 2.44. The largest absolute Gasteiger partial charge is 0.416 e. The van der Waals surface area contributed by atoms with Gasteiger partial charge >= 0.3 is 6.18 Å². The molecule has 1 aliphatic carbocycles. The topological polar surface area (TPSA) is 73.8 Å². The number of nitrogens with two attached hydrogens (primary N) is 1. The third-order valence-electron chi connectivity index (χ3n) is 5.76. The number of nitrogens with zero attached hydrogens (tertiary/aromatic N) is 3. The highest BCUT2D eigenvalue weighted by Crippen LogP contribution is 2.39. The molecule has 152 valence electrons. The first-order chi connectivity index (χ1) is 13.8. The summed E-state index contributed by atoms with van der Waals surface area (Å²) in [4.78, 5) is 16.2. The molecule has 29 heavy (non-hydrogen) atoms. The average Bonchev–Trinajstić information content (AvgIpc) is 3.10. The summed E-state index contributed by atoms with van der Waals surface area (Å²) in [6, 6.07) is 7.18. The summed E-state index contributed by atoms with van der Waals surface area (Å²) in [6.45, 7) is 0.753. The lowest BCUT2D eigenvalue weighted by molar-refractivity contribution is -0.137. The Bertz CT molecular complexity index is 1040. The Labute approximate surface area is 165 Å². The van der Waals surface area contributed by atoms with Crippen molar-refractivity contribution in [2.24, 2.45) is 11.7 Å². The number of hydrogen-bond donors (Lipinski definition) is 1. The van der Waals surface area contributed by atoms with Crippen molar-refractivity contribution in [3.8, 4) is 0 Å². The molecule has 5 nitrogen and oxygen atoms in total. The van der Waals surface area contributed by atoms with E-state index in [0.717, 1.165) is 55.4 Å². The number of hydrogen-bond acceptors (Lipinski definition) is 3. The van der Waals surface area contributed by atoms with Crippen molar-refractivity contribution in [3.05, 3.63) is 59.4 Å². The first kappa shape index (κ1) is 19.4. The molecule has 1 aromatic carbocycles. The maximum Gasteiger partial charge on any atom is 0.416 e. The number of carbonyl (C=O) groups is 1. The molecular weight excluding hydrogens is 381 g/mol. The molecule has 1 fully saturated rings. The average molecular weight is 402 g/mol. The van der Waals surface area contributed by atoms with Gasteiger partial charge in [-0.2, -0.15) is 18.3 Å². The summed E-state index contributed by atoms with van der Waals surface area (Å²) in [5.41, 5.74) is 5.99. The minimum Gasteiger partial charge on any atom is -0.366 e. The van der Waals surface area contributed by atoms with E-state index in [9.17, 15) is 18.0 Å². The van der Waals surface area contributed by atoms with Gasteiger partial charge in [-0.25, -0.2) is 9.67 Å². The van der Waals surface area contributed by atoms with E-state index in [1.807, 2.05) is 16.8 Å². The van der Waals surface area contributed by atoms with Crippen molar-refractivity contribution < 1.29 is 18.0 Å². The number of primary amides is 1. The summed E-state index contributed by atoms with van der Waals surface area (Å²) in [5.74, 6) is -0.381. The number of rotatable bonds is 4. The van der Waals surface area contributed by atoms with Gasteiger partial charge in [-0.05, 0) is 67.3 Å². The Morgan fingerprint density at radius 1 is 1.17 bits per heavy atom. The molecule has 2 N–H and O–H groups in total. The van der Waals surface area contributed by atoms with E-state index in [1.165, 1.54) is 6.07 Å². The zero-order valence-corrected chi connectivity index (χ0v) is 15.7. The van der Waals surface area contributed by atoms with Crippen molar-refractivity contribution in [3.63, 3.8) is 0 Å². The second-order valence-corrected chi connectivity index (χ2v) is 7.62. The molecule has 4 rings (SSSR count). The van der Waals surface area contributed by atoms with Crippen LogP contribution in [0, 0.1) is 5.92 Å². The number of carbonyl (C=O) groups excluding carboxylic acids is 1. The molecule has 2 heterocycles. The van der Waals surface area contributed by atoms with Gasteiger partial charge in [0.05, 0.1) is 11.8 Å². The summed E-state index contributed by atoms with van der Waals surface area (Å²) in [5, 5.41) is 5.42. The highest BCUT2D eigenvalue weighted by atomic mass is 19.4. The third-order valence-corrected chi connectivity index (χ3v) is 5.76. The van der Waals surface area contributed by atoms with E-state index in [2.05, 4.69) is 10.1 Å². The minimum absolute atomic E-state index is 0.0226. The Morgan fingerprint density at radius 2 is 1.93 bits per heavy atom. The van der Waals surface area contributed by atoms with Crippen LogP contribution in [0.3, 0.4) is 0 Å². The Hall–Kier alpha value is -2.90. The minimum atomic E-state index is -4.50. The summed E-state index contributed by atoms with van der Waals surface area (Å²) in [7, 11) is 0. The first-order valence-electron chi connectivity index (χ1n) is 9.60. The van der Waals surface area contributed by atoms with Gasteiger partial charge in [0.1, 0.15) is 0 Å². The maximum absolute atomic E-state index is 13.0. The lowest BCUT2D eigenvalue weighted by Crippen LogP contribution is -2.22. The van der Waals surface area contributed by atoms with Crippen molar-refractivity contribution >= 4 is 16.9 Å². The molecule has 3 aromatic rings. The van der Waals surface area contributed by atoms with E-state index < -0.39 is 17.6 Å². The van der Waals surface area contributed by atoms with Crippen LogP contribution in [0.25, 0.3) is 11.0 Å². The number of amides is 1. The fraction of sp³-hybridized carbons (Fsp3) is 0.381. The van der Waals surface area contributed by atoms with Crippen LogP contribution in [0.1, 0.15) is 53.1 Å². The van der Waals surface area contributed by atoms with Crippen LogP contribution in [0.4, 0.5) is 13.2 Å². The third kappa shape index (κ3) is 3.97. The van der Waals surface area contributed by atoms with Gasteiger partial charge in [0.25, 0.3) is 0 Å². The van der Waals surface area contributed by atoms with Crippen molar-refractivity contribution in [1.29, 1.82) is 0 Å². The van der Waals surface area contributed by atoms with Crippen LogP contribution >= 0.6 is 0 Å². The number of benzene rings is 1. The number of halogens is 3. The van der Waals surface area contributed by atoms with Crippen LogP contribution in [0.2, 0.25) is 0 Å². The quantitative estimate of drug-likeness (QED) is 0.697. The lowest BCUT2D eigenvalue weighted by Gasteiger charge is -2.30. The SMILES string of the molecule is NC(=O)c1cc(C(F)(F)F)ccc1[C@H]1CC[C@H](Cn2ncc3cccnc32)CC1. The molecule has 0 radical (unpaired) electrons. The number of aromatic nitrogens is 3. The van der Waals surface area contributed by atoms with E-state index in [-0.39, 0.29) is 11.5 Å². The summed E-state index contributed by atoms with van der Waals surface area (Å²) >= 11 is 0. The van der Waals surface area contributed by atoms with Crippen LogP contribution in [0.5, 0.6) is 0 Å². The van der Waals surface area contributed by atoms with E-state index >= 15 is 0 Å². The predicted octanol–water partition coefficient (Wildman–Crippen LogP) is 4.52. The molecular formula is C21H21F3N4O. The molecule has 0 atom stereocenters. The second kappa shape index (κ2) is 7.50. The first-order valence-corrected chi connectivity index (χ1v) is 9.60. The van der Waals surface area contributed by atoms with E-state index in [1.54, 1.807) is 12.4 Å². The normalized spacial score (nSPS) is 20.1. The molecule has 0 unspecified atom stereocenters. The molecule has 1 aliphatic rings. The highest BCUT2D eigenvalue weighted by molar-refractivity contribution is 5.94. The maximum atomic E-state index is 13.0. The fourth-order valence-corrected chi connectivity index (χ4v) is 4.25. The zero-order chi connectivity index (χ0) is 20.6. The van der Waals surface area contributed by atoms with E-state index in [0.29, 0.717) is 11.5 Å². The molecule has 1 amide bonds. The smallest absolute Gasteiger partial charge is 0.366 e. The zero-order valence-electron chi connectivity index (χ0n) is 15.7. The van der Waals surface area contributed by atoms with E-state index in [4.69, 9.17) is 5.73 Å². The molecule has 8 heteroatoms. The molecule has 2 aromatic heterocycles. The second-order valence-electron chi connectivity index (χ2n) is 7.62. The number of fused-ring (bicyclic) bond motifs is 1. The monoisotopic (exact) mass is 402 g/mol. The van der Waals surface area contributed by atoms with Gasteiger partial charge in [0.2, 0.25) is 5.91 Å². The van der Waals surface area contributed by atoms with Gasteiger partial charge in [-0.15, -0.1) is 0 Å². The van der Waals surface area contributed by atoms with Crippen LogP contribution in [0.15, 0.2) is 42.7 Å². The van der Waals surface area contributed by atoms with Crippen molar-refractivity contribution in [2.45, 2.75) is 44.3 Å². The molecule has 0 spiro atoms. The highest BCUT2D eigenvalue weighted by Gasteiger charge is 2.33. The Balaban J connectivity index is 1.47. The van der Waals surface area contributed by atoms with Crippen LogP contribution < -0.4 is 5.73 Å². The van der Waals surface area contributed by atoms with Crippen LogP contribution in [-0.2, 0) is 12.7 Å². The molecule has 0 saturated heterocycles. The Morgan fingerprint density at radius 3 is 2.62 bits per heavy atom. The molecule has 0 aliphatic heterocycles. The lowest BCUT2D eigenvalue weighted by atomic mass is 9.77. The number of pyridine rings is 1. The molecule has 0 bridgehead atoms. The van der Waals surface area contributed by atoms with Crippen molar-refractivity contribution in [1.82, 2.24) is 14.8 Å². The summed E-state index contributed by atoms with van der Waals surface area (Å²) < 4.78 is 40.9. The van der Waals surface area contributed by atoms with Crippen LogP contribution in [-0.4, -0.2) is 20.7 Å². The predicted molar refractivity (Wildman–Crippen MR) is 102 cm³/mol. The van der Waals surface area contributed by atoms with Gasteiger partial charge in [0, 0.05) is 23.7 Å². The van der Waals surface area contributed by atoms with Gasteiger partial charge in [-0.3, -0.25) is 4.79 Å². The standard InChI is InChI=1S/C21H21F3N4O/c22-21(23,24)16-7-8-17(18(10-16)19(25)29)14-5-3-13(4-6-14)12-28-20-15(11-27-28)2-1-9-26-20/h1-2,7-11,13-14H,3-6,12H2,(H2,25,29)/t13-,14-. The van der Waals surface area contributed by atoms with Gasteiger partial charge in [0.15, 0.2) is 5.65 Å². The van der Waals surface area contributed by atoms with Gasteiger partial charge < -0.3 is 5.73 Å².